The van der Waals surface area contributed by atoms with Crippen LogP contribution in [0.3, 0.4) is 0 Å². The summed E-state index contributed by atoms with van der Waals surface area (Å²) in [7, 11) is 0. The van der Waals surface area contributed by atoms with Crippen LogP contribution in [0.4, 0.5) is 16.2 Å². The van der Waals surface area contributed by atoms with Crippen LogP contribution in [0.15, 0.2) is 66.7 Å². The van der Waals surface area contributed by atoms with Gasteiger partial charge in [0.1, 0.15) is 0 Å². The van der Waals surface area contributed by atoms with E-state index >= 15 is 0 Å². The first kappa shape index (κ1) is 21.1. The number of nitrogens with zero attached hydrogens (tertiary/aromatic N) is 1. The molecular weight excluding hydrogens is 402 g/mol. The van der Waals surface area contributed by atoms with Crippen molar-refractivity contribution in [3.8, 4) is 6.07 Å². The Balaban J connectivity index is 1.34. The van der Waals surface area contributed by atoms with E-state index in [1.807, 2.05) is 30.3 Å². The van der Waals surface area contributed by atoms with Gasteiger partial charge < -0.3 is 21.3 Å². The van der Waals surface area contributed by atoms with Gasteiger partial charge in [-0.15, -0.1) is 0 Å². The Morgan fingerprint density at radius 3 is 2.56 bits per heavy atom. The molecule has 3 aromatic rings. The number of benzene rings is 3. The van der Waals surface area contributed by atoms with Crippen LogP contribution >= 0.6 is 0 Å². The fraction of sp³-hybridized carbons (Fsp3) is 0.160. The normalized spacial score (nSPS) is 12.2. The lowest BCUT2D eigenvalue weighted by molar-refractivity contribution is 0.102. The third kappa shape index (κ3) is 5.31. The average molecular weight is 425 g/mol. The Morgan fingerprint density at radius 1 is 0.938 bits per heavy atom. The zero-order valence-corrected chi connectivity index (χ0v) is 17.4. The molecule has 3 aromatic carbocycles. The molecule has 0 atom stereocenters. The highest BCUT2D eigenvalue weighted by molar-refractivity contribution is 6.04. The fourth-order valence-electron chi connectivity index (χ4n) is 3.57. The summed E-state index contributed by atoms with van der Waals surface area (Å²) in [5, 5.41) is 20.6. The Hall–Kier alpha value is -4.15. The van der Waals surface area contributed by atoms with Gasteiger partial charge in [-0.2, -0.15) is 5.26 Å². The number of anilines is 2. The molecule has 4 N–H and O–H groups in total. The third-order valence-electron chi connectivity index (χ3n) is 5.26. The van der Waals surface area contributed by atoms with Gasteiger partial charge >= 0.3 is 6.03 Å². The second-order valence-electron chi connectivity index (χ2n) is 7.56. The van der Waals surface area contributed by atoms with Crippen molar-refractivity contribution in [3.05, 3.63) is 94.5 Å². The molecule has 1 heterocycles. The quantitative estimate of drug-likeness (QED) is 0.499. The van der Waals surface area contributed by atoms with E-state index in [0.717, 1.165) is 30.8 Å². The van der Waals surface area contributed by atoms with Crippen molar-refractivity contribution >= 4 is 23.3 Å². The lowest BCUT2D eigenvalue weighted by atomic mass is 10.0. The minimum atomic E-state index is -0.367. The monoisotopic (exact) mass is 425 g/mol. The number of hydrogen-bond donors (Lipinski definition) is 4. The summed E-state index contributed by atoms with van der Waals surface area (Å²) in [5.74, 6) is -0.192. The summed E-state index contributed by atoms with van der Waals surface area (Å²) >= 11 is 0. The predicted octanol–water partition coefficient (Wildman–Crippen LogP) is 3.78. The molecule has 160 valence electrons. The van der Waals surface area contributed by atoms with E-state index < -0.39 is 0 Å². The smallest absolute Gasteiger partial charge is 0.319 e. The molecule has 0 saturated heterocycles. The van der Waals surface area contributed by atoms with Crippen LogP contribution in [0.1, 0.15) is 32.6 Å². The molecule has 7 nitrogen and oxygen atoms in total. The summed E-state index contributed by atoms with van der Waals surface area (Å²) < 4.78 is 0. The number of rotatable bonds is 5. The van der Waals surface area contributed by atoms with Gasteiger partial charge in [-0.3, -0.25) is 4.79 Å². The number of carbonyl (C=O) groups excluding carboxylic acids is 2. The summed E-state index contributed by atoms with van der Waals surface area (Å²) in [4.78, 5) is 24.9. The lowest BCUT2D eigenvalue weighted by Gasteiger charge is -2.18. The second kappa shape index (κ2) is 9.77. The Bertz CT molecular complexity index is 1180. The highest BCUT2D eigenvalue weighted by atomic mass is 16.2. The van der Waals surface area contributed by atoms with E-state index in [0.29, 0.717) is 16.8 Å². The van der Waals surface area contributed by atoms with E-state index in [-0.39, 0.29) is 18.5 Å². The van der Waals surface area contributed by atoms with Crippen LogP contribution in [0.2, 0.25) is 0 Å². The first-order chi connectivity index (χ1) is 15.6. The Kier molecular flexibility index (Phi) is 6.44. The van der Waals surface area contributed by atoms with Crippen molar-refractivity contribution in [1.82, 2.24) is 10.6 Å². The summed E-state index contributed by atoms with van der Waals surface area (Å²) in [6.45, 7) is 2.07. The van der Waals surface area contributed by atoms with Crippen molar-refractivity contribution in [2.24, 2.45) is 0 Å². The van der Waals surface area contributed by atoms with Crippen molar-refractivity contribution in [1.29, 1.82) is 5.26 Å². The predicted molar refractivity (Wildman–Crippen MR) is 123 cm³/mol. The molecule has 32 heavy (non-hydrogen) atoms. The number of hydrogen-bond acceptors (Lipinski definition) is 4. The number of amides is 3. The number of urea groups is 1. The van der Waals surface area contributed by atoms with Gasteiger partial charge in [-0.05, 0) is 78.2 Å². The maximum absolute atomic E-state index is 12.7. The molecule has 0 aromatic heterocycles. The largest absolute Gasteiger partial charge is 0.334 e. The van der Waals surface area contributed by atoms with E-state index in [1.54, 1.807) is 42.5 Å². The molecular formula is C25H23N5O2. The second-order valence-corrected chi connectivity index (χ2v) is 7.56. The summed E-state index contributed by atoms with van der Waals surface area (Å²) in [5.41, 5.74) is 5.75. The van der Waals surface area contributed by atoms with E-state index in [2.05, 4.69) is 21.3 Å². The molecule has 7 heteroatoms. The van der Waals surface area contributed by atoms with Gasteiger partial charge in [0.25, 0.3) is 5.91 Å². The first-order valence-electron chi connectivity index (χ1n) is 10.4. The van der Waals surface area contributed by atoms with Crippen LogP contribution in [0.5, 0.6) is 0 Å². The minimum absolute atomic E-state index is 0.192. The first-order valence-corrected chi connectivity index (χ1v) is 10.4. The maximum Gasteiger partial charge on any atom is 0.319 e. The highest BCUT2D eigenvalue weighted by Gasteiger charge is 2.12. The molecule has 0 fully saturated rings. The van der Waals surface area contributed by atoms with E-state index in [1.165, 1.54) is 11.1 Å². The molecule has 3 amide bonds. The van der Waals surface area contributed by atoms with Gasteiger partial charge in [0.2, 0.25) is 0 Å². The topological polar surface area (TPSA) is 106 Å². The molecule has 0 saturated carbocycles. The highest BCUT2D eigenvalue weighted by Crippen LogP contribution is 2.20. The standard InChI is InChI=1S/C25H23N5O2/c26-14-17-4-7-22(8-5-17)30-25(32)28-15-18-2-1-3-20(12-18)24(31)29-23-9-6-21-16-27-11-10-19(21)13-23/h1-9,12-13,27H,10-11,15-16H2,(H,29,31)(H2,28,30,32). The average Bonchev–Trinajstić information content (AvgIpc) is 2.83. The molecule has 1 aliphatic rings. The van der Waals surface area contributed by atoms with E-state index in [4.69, 9.17) is 5.26 Å². The van der Waals surface area contributed by atoms with Crippen LogP contribution in [-0.4, -0.2) is 18.5 Å². The zero-order valence-electron chi connectivity index (χ0n) is 17.4. The van der Waals surface area contributed by atoms with Crippen molar-refractivity contribution < 1.29 is 9.59 Å². The third-order valence-corrected chi connectivity index (χ3v) is 5.26. The van der Waals surface area contributed by atoms with Crippen LogP contribution < -0.4 is 21.3 Å². The van der Waals surface area contributed by atoms with Gasteiger partial charge in [0.05, 0.1) is 11.6 Å². The fourth-order valence-corrected chi connectivity index (χ4v) is 3.57. The van der Waals surface area contributed by atoms with Gasteiger partial charge in [0.15, 0.2) is 0 Å². The van der Waals surface area contributed by atoms with Crippen molar-refractivity contribution in [2.45, 2.75) is 19.5 Å². The molecule has 0 unspecified atom stereocenters. The number of fused-ring (bicyclic) bond motifs is 1. The SMILES string of the molecule is N#Cc1ccc(NC(=O)NCc2cccc(C(=O)Nc3ccc4c(c3)CCNC4)c2)cc1. The van der Waals surface area contributed by atoms with Gasteiger partial charge in [0, 0.05) is 30.0 Å². The number of carbonyl (C=O) groups is 2. The maximum atomic E-state index is 12.7. The molecule has 4 rings (SSSR count). The summed E-state index contributed by atoms with van der Waals surface area (Å²) in [6, 6.07) is 21.4. The van der Waals surface area contributed by atoms with Crippen LogP contribution in [-0.2, 0) is 19.5 Å². The zero-order chi connectivity index (χ0) is 22.3. The van der Waals surface area contributed by atoms with E-state index in [9.17, 15) is 9.59 Å². The summed E-state index contributed by atoms with van der Waals surface area (Å²) in [6.07, 6.45) is 0.949. The Morgan fingerprint density at radius 2 is 1.75 bits per heavy atom. The lowest BCUT2D eigenvalue weighted by Crippen LogP contribution is -2.28. The molecule has 0 radical (unpaired) electrons. The molecule has 0 spiro atoms. The van der Waals surface area contributed by atoms with Gasteiger partial charge in [-0.1, -0.05) is 18.2 Å². The molecule has 1 aliphatic heterocycles. The number of nitrogens with one attached hydrogen (secondary N) is 4. The van der Waals surface area contributed by atoms with Gasteiger partial charge in [-0.25, -0.2) is 4.79 Å². The van der Waals surface area contributed by atoms with Crippen molar-refractivity contribution in [2.75, 3.05) is 17.2 Å². The van der Waals surface area contributed by atoms with Crippen molar-refractivity contribution in [3.63, 3.8) is 0 Å². The Labute approximate surface area is 186 Å². The van der Waals surface area contributed by atoms with Crippen LogP contribution in [0, 0.1) is 11.3 Å². The number of nitriles is 1. The molecule has 0 bridgehead atoms. The minimum Gasteiger partial charge on any atom is -0.334 e. The molecule has 0 aliphatic carbocycles. The van der Waals surface area contributed by atoms with Crippen LogP contribution in [0.25, 0.3) is 0 Å².